The number of rotatable bonds is 40. The molecule has 11 heterocycles. The van der Waals surface area contributed by atoms with Crippen molar-refractivity contribution in [2.75, 3.05) is 73.3 Å². The second kappa shape index (κ2) is 40.1. The Labute approximate surface area is 712 Å². The molecule has 6 aromatic rings. The normalized spacial score (nSPS) is 29.4. The number of methoxy groups -OCH3 is 3. The molecular formula is C60H81N13O36P6S6-6. The van der Waals surface area contributed by atoms with E-state index in [1.807, 2.05) is 0 Å². The molecule has 61 heteroatoms. The zero-order valence-electron chi connectivity index (χ0n) is 64.7. The van der Waals surface area contributed by atoms with E-state index in [0.717, 1.165) is 64.4 Å². The van der Waals surface area contributed by atoms with Crippen molar-refractivity contribution in [1.29, 1.82) is 0 Å². The highest BCUT2D eigenvalue weighted by molar-refractivity contribution is 8.32. The number of aromatic nitrogens is 12. The summed E-state index contributed by atoms with van der Waals surface area (Å²) in [7, 11) is 3.39. The van der Waals surface area contributed by atoms with Gasteiger partial charge in [0.2, 0.25) is 5.95 Å². The molecule has 5 saturated heterocycles. The Kier molecular flexibility index (Phi) is 32.3. The van der Waals surface area contributed by atoms with Crippen molar-refractivity contribution in [3.63, 3.8) is 0 Å². The largest absolute Gasteiger partial charge is 0.780 e. The van der Waals surface area contributed by atoms with Crippen LogP contribution in [0, 0.1) is 27.7 Å². The molecule has 0 radical (unpaired) electrons. The number of imidazole rings is 1. The van der Waals surface area contributed by atoms with Crippen LogP contribution >= 0.6 is 40.4 Å². The first-order valence-electron chi connectivity index (χ1n) is 36.0. The second-order valence-corrected chi connectivity index (χ2v) is 44.0. The van der Waals surface area contributed by atoms with Crippen molar-refractivity contribution in [2.24, 2.45) is 0 Å². The van der Waals surface area contributed by atoms with E-state index >= 15 is 0 Å². The number of H-pyrrole nitrogens is 5. The number of anilines is 1. The summed E-state index contributed by atoms with van der Waals surface area (Å²) in [6, 6.07) is 0. The number of aliphatic hydroxyl groups excluding tert-OH is 1. The fraction of sp³-hybridized carbons (Fsp3) is 0.650. The summed E-state index contributed by atoms with van der Waals surface area (Å²) < 4.78 is 137. The summed E-state index contributed by atoms with van der Waals surface area (Å²) in [5.74, 6) is -0.281. The highest BCUT2D eigenvalue weighted by Gasteiger charge is 2.53. The molecule has 0 aromatic carbocycles. The molecule has 49 nitrogen and oxygen atoms in total. The van der Waals surface area contributed by atoms with Gasteiger partial charge in [-0.25, -0.2) is 24.2 Å². The predicted octanol–water partition coefficient (Wildman–Crippen LogP) is -3.75. The Hall–Kier alpha value is -4.34. The van der Waals surface area contributed by atoms with Crippen LogP contribution in [0.25, 0.3) is 11.2 Å². The van der Waals surface area contributed by atoms with E-state index in [0.29, 0.717) is 0 Å². The maximum atomic E-state index is 14.8. The number of nitrogens with two attached hydrogens (primary N) is 1. The van der Waals surface area contributed by atoms with Crippen molar-refractivity contribution in [2.45, 2.75) is 184 Å². The molecule has 121 heavy (non-hydrogen) atoms. The van der Waals surface area contributed by atoms with Crippen LogP contribution in [0.5, 0.6) is 0 Å². The fourth-order valence-corrected chi connectivity index (χ4v) is 22.3. The molecule has 0 bridgehead atoms. The van der Waals surface area contributed by atoms with E-state index in [2.05, 4.69) is 34.9 Å². The molecule has 0 aliphatic carbocycles. The third-order valence-electron chi connectivity index (χ3n) is 18.9. The SMILES string of the molecule is CO[C@H]1C(OP([O-])(=S)OC[C@H]2O[C@@H](n3cc(C)c(=O)[nH]c3=O)[C@@H](OC)C2OP([O-])(=S)OCCCO)[C@@H](CCOP([O-])(=S)OC2[C@@H](COP(=O)([S-])OC3C[C@H](n4cc(C)c(=O)[nH]c4=O)O[C@@H]3COP([O-])(=S)OC3C[C@H](n4cnc5c(=O)[nH]c(N)nc54)O[C@@H]3COP([O-])(=S)OC(C)C)O[C@@H](n3cc(C)c(=O)[nH]c3=O)[C@H]2OC)O[C@H]1n1cc(C)c(=O)[nH]c1=O. The molecule has 11 rings (SSSR count). The minimum Gasteiger partial charge on any atom is -0.780 e. The van der Waals surface area contributed by atoms with Gasteiger partial charge in [0, 0.05) is 94.2 Å². The van der Waals surface area contributed by atoms with Crippen LogP contribution in [0.15, 0.2) is 74.3 Å². The minimum atomic E-state index is -5.06. The van der Waals surface area contributed by atoms with E-state index in [4.69, 9.17) is 169 Å². The molecule has 11 unspecified atom stereocenters. The van der Waals surface area contributed by atoms with Gasteiger partial charge in [0.15, 0.2) is 36.6 Å². The van der Waals surface area contributed by atoms with E-state index in [1.54, 1.807) is 13.8 Å². The van der Waals surface area contributed by atoms with E-state index < -0.39 is 253 Å². The lowest BCUT2D eigenvalue weighted by molar-refractivity contribution is -0.222. The van der Waals surface area contributed by atoms with Crippen LogP contribution in [-0.2, 0) is 168 Å². The summed E-state index contributed by atoms with van der Waals surface area (Å²) in [6.07, 6.45) is -24.0. The van der Waals surface area contributed by atoms with Crippen LogP contribution in [0.4, 0.5) is 5.95 Å². The van der Waals surface area contributed by atoms with Gasteiger partial charge < -0.3 is 140 Å². The highest BCUT2D eigenvalue weighted by Crippen LogP contribution is 2.55. The van der Waals surface area contributed by atoms with Crippen molar-refractivity contribution in [1.82, 2.24) is 57.7 Å². The first-order chi connectivity index (χ1) is 56.7. The molecule has 0 spiro atoms. The van der Waals surface area contributed by atoms with Crippen LogP contribution in [0.1, 0.15) is 92.9 Å². The number of nitrogen functional groups attached to an aromatic ring is 1. The van der Waals surface area contributed by atoms with Crippen LogP contribution in [-0.4, -0.2) is 216 Å². The lowest BCUT2D eigenvalue weighted by atomic mass is 10.1. The van der Waals surface area contributed by atoms with Crippen LogP contribution in [0.3, 0.4) is 0 Å². The molecule has 8 N–H and O–H groups in total. The second-order valence-electron chi connectivity index (χ2n) is 27.8. The summed E-state index contributed by atoms with van der Waals surface area (Å²) in [5.41, 5.74) is -2.23. The number of hydrogen-bond acceptors (Lipinski definition) is 45. The van der Waals surface area contributed by atoms with Gasteiger partial charge >= 0.3 is 22.8 Å². The molecule has 5 aliphatic heterocycles. The van der Waals surface area contributed by atoms with Gasteiger partial charge in [-0.15, -0.1) is 0 Å². The number of fused-ring (bicyclic) bond motifs is 1. The molecule has 0 amide bonds. The van der Waals surface area contributed by atoms with Crippen LogP contribution < -0.4 is 80.8 Å². The maximum absolute atomic E-state index is 14.8. The molecular weight excluding hydrogens is 1860 g/mol. The van der Waals surface area contributed by atoms with Crippen molar-refractivity contribution in [3.8, 4) is 0 Å². The van der Waals surface area contributed by atoms with Gasteiger partial charge in [0.25, 0.3) is 27.8 Å². The summed E-state index contributed by atoms with van der Waals surface area (Å²) >= 11 is 32.0. The highest BCUT2D eigenvalue weighted by atomic mass is 32.7. The van der Waals surface area contributed by atoms with E-state index in [9.17, 15) is 77.3 Å². The topological polar surface area (TPSA) is 646 Å². The average molecular weight is 1940 g/mol. The zero-order valence-corrected chi connectivity index (χ0v) is 75.0. The van der Waals surface area contributed by atoms with Gasteiger partial charge in [-0.1, -0.05) is 59.0 Å². The van der Waals surface area contributed by atoms with E-state index in [-0.39, 0.29) is 65.4 Å². The summed E-state index contributed by atoms with van der Waals surface area (Å²) in [4.78, 5) is 207. The summed E-state index contributed by atoms with van der Waals surface area (Å²) in [6.45, 7) is -25.1. The zero-order chi connectivity index (χ0) is 88.5. The predicted molar refractivity (Wildman–Crippen MR) is 427 cm³/mol. The Balaban J connectivity index is 0.819. The van der Waals surface area contributed by atoms with Crippen molar-refractivity contribution < 1.29 is 126 Å². The van der Waals surface area contributed by atoms with Crippen molar-refractivity contribution in [3.05, 3.63) is 147 Å². The third-order valence-corrected chi connectivity index (χ3v) is 28.5. The monoisotopic (exact) mass is 1940 g/mol. The standard InChI is InChI=1S/C60H87N13O36P6S6/c1-26(2)104-112(86,118)95-21-35-33(16-39(100-35)73-25-62-40-47(73)63-56(61)64-52(40)79)106-113(87,119)96-22-34-32(15-38(99-34)69-17-27(3)48(75)65-57(69)80)105-114(88,120)97-23-36-43(46(92-9)55(102-36)72-20-30(6)51(78)68-60(72)83)109-111(85,117)94-14-11-31-41(44(90-7)53(101-31)70-18-28(4)49(76)66-58(70)81)107-115(89,121)98-24-37-42(108-110(84,116)93-13-10-12-74)45(91-8)54(103-37)71-19-29(5)50(77)67-59(71)82/h17-20,25-26,31-39,41-46,53-55,74H,10-16,21-24H2,1-9H3,(H,84,116)(H,85,117)(H,86,118)(H,87,119)(H,88,120)(H,89,121)(H,65,75,80)(H,66,76,81)(H,67,77,82)(H,68,78,83)(H3,61,63,64,79)/p-6/t31-,32?,33?,34-,35-,36-,37-,38-,39-,41?,42?,43?,44+,45+,46+,53-,54-,55-,110?,111?,112?,113?,114?,115?/m1/s1. The molecule has 674 valence electrons. The summed E-state index contributed by atoms with van der Waals surface area (Å²) in [5, 5.41) is 9.36. The molecule has 5 aliphatic rings. The van der Waals surface area contributed by atoms with Gasteiger partial charge in [-0.3, -0.25) is 76.3 Å². The number of aliphatic hydroxyl groups is 1. The quantitative estimate of drug-likeness (QED) is 0.0110. The first kappa shape index (κ1) is 97.3. The molecule has 0 saturated carbocycles. The van der Waals surface area contributed by atoms with Gasteiger partial charge in [-0.05, 0) is 48.0 Å². The van der Waals surface area contributed by atoms with Crippen LogP contribution in [0.2, 0.25) is 0 Å². The molecule has 5 fully saturated rings. The molecule has 24 atom stereocenters. The number of aryl methyl sites for hydroxylation is 4. The van der Waals surface area contributed by atoms with E-state index in [1.165, 1.54) is 38.6 Å². The number of ether oxygens (including phenoxy) is 8. The minimum absolute atomic E-state index is 0.00684. The lowest BCUT2D eigenvalue weighted by Gasteiger charge is -2.37. The van der Waals surface area contributed by atoms with Gasteiger partial charge in [-0.2, -0.15) is 4.98 Å². The van der Waals surface area contributed by atoms with Gasteiger partial charge in [0.1, 0.15) is 107 Å². The lowest BCUT2D eigenvalue weighted by Crippen LogP contribution is -2.41. The fourth-order valence-electron chi connectivity index (χ4n) is 13.4. The number of nitrogens with one attached hydrogen (secondary N) is 5. The number of aromatic amines is 5. The maximum Gasteiger partial charge on any atom is 0.330 e. The number of nitrogens with zero attached hydrogens (tertiary/aromatic N) is 7. The Morgan fingerprint density at radius 1 is 0.496 bits per heavy atom. The Morgan fingerprint density at radius 3 is 1.31 bits per heavy atom. The third kappa shape index (κ3) is 24.0. The molecule has 6 aromatic heterocycles. The van der Waals surface area contributed by atoms with Crippen molar-refractivity contribution >= 4 is 129 Å². The average Bonchev–Trinajstić information content (AvgIpc) is 1.64. The smallest absolute Gasteiger partial charge is 0.330 e. The first-order valence-corrected chi connectivity index (χ1v) is 51.4. The van der Waals surface area contributed by atoms with Gasteiger partial charge in [0.05, 0.1) is 70.4 Å². The number of hydrogen-bond donors (Lipinski definition) is 7. The Morgan fingerprint density at radius 2 is 0.868 bits per heavy atom. The Bertz CT molecular complexity index is 5660.